The largest absolute Gasteiger partial charge is 0.339 e. The van der Waals surface area contributed by atoms with Crippen LogP contribution >= 0.6 is 11.8 Å². The second-order valence-corrected chi connectivity index (χ2v) is 9.21. The number of sulfonamides is 1. The van der Waals surface area contributed by atoms with Crippen molar-refractivity contribution in [1.29, 1.82) is 0 Å². The molecule has 0 radical (unpaired) electrons. The van der Waals surface area contributed by atoms with Crippen LogP contribution in [0.2, 0.25) is 0 Å². The van der Waals surface area contributed by atoms with E-state index in [1.807, 2.05) is 24.3 Å². The molecule has 1 fully saturated rings. The molecule has 0 atom stereocenters. The van der Waals surface area contributed by atoms with Crippen molar-refractivity contribution in [3.05, 3.63) is 65.7 Å². The number of carbonyl (C=O) groups excluding carboxylic acids is 1. The number of benzene rings is 2. The van der Waals surface area contributed by atoms with E-state index in [0.717, 1.165) is 5.75 Å². The van der Waals surface area contributed by atoms with Crippen molar-refractivity contribution in [2.24, 2.45) is 0 Å². The standard InChI is InChI=1S/C20H24N2O3S2/c1-26-15-16-7-9-17(10-8-16)20(23)22-13-11-18(12-14-22)21-27(24,25)19-5-3-2-4-6-19/h2-10,18,21H,11-15H2,1H3. The number of hydrogen-bond donors (Lipinski definition) is 1. The van der Waals surface area contributed by atoms with Crippen LogP contribution in [0.3, 0.4) is 0 Å². The maximum atomic E-state index is 12.7. The lowest BCUT2D eigenvalue weighted by molar-refractivity contribution is 0.0711. The Hall–Kier alpha value is -1.83. The smallest absolute Gasteiger partial charge is 0.253 e. The molecule has 1 saturated heterocycles. The summed E-state index contributed by atoms with van der Waals surface area (Å²) in [5.41, 5.74) is 1.89. The molecule has 27 heavy (non-hydrogen) atoms. The highest BCUT2D eigenvalue weighted by atomic mass is 32.2. The molecule has 1 aliphatic heterocycles. The number of hydrogen-bond acceptors (Lipinski definition) is 4. The van der Waals surface area contributed by atoms with Gasteiger partial charge in [-0.2, -0.15) is 11.8 Å². The molecule has 1 aliphatic rings. The molecule has 2 aromatic carbocycles. The van der Waals surface area contributed by atoms with Crippen LogP contribution in [0.4, 0.5) is 0 Å². The number of carbonyl (C=O) groups is 1. The van der Waals surface area contributed by atoms with Crippen LogP contribution < -0.4 is 4.72 Å². The molecule has 0 aliphatic carbocycles. The summed E-state index contributed by atoms with van der Waals surface area (Å²) in [7, 11) is -3.52. The fourth-order valence-electron chi connectivity index (χ4n) is 3.18. The average Bonchev–Trinajstić information content (AvgIpc) is 2.69. The number of piperidine rings is 1. The minimum atomic E-state index is -3.52. The van der Waals surface area contributed by atoms with Gasteiger partial charge in [-0.1, -0.05) is 30.3 Å². The topological polar surface area (TPSA) is 66.5 Å². The molecular formula is C20H24N2O3S2. The van der Waals surface area contributed by atoms with Gasteiger partial charge in [-0.05, 0) is 48.9 Å². The predicted octanol–water partition coefficient (Wildman–Crippen LogP) is 3.13. The Morgan fingerprint density at radius 2 is 1.70 bits per heavy atom. The molecule has 1 heterocycles. The lowest BCUT2D eigenvalue weighted by atomic mass is 10.0. The van der Waals surface area contributed by atoms with Crippen LogP contribution in [0.25, 0.3) is 0 Å². The van der Waals surface area contributed by atoms with Gasteiger partial charge in [-0.15, -0.1) is 0 Å². The van der Waals surface area contributed by atoms with E-state index in [0.29, 0.717) is 31.5 Å². The van der Waals surface area contributed by atoms with E-state index in [1.54, 1.807) is 47.0 Å². The first-order chi connectivity index (χ1) is 13.0. The van der Waals surface area contributed by atoms with E-state index in [9.17, 15) is 13.2 Å². The molecule has 0 bridgehead atoms. The lowest BCUT2D eigenvalue weighted by Gasteiger charge is -2.32. The highest BCUT2D eigenvalue weighted by molar-refractivity contribution is 7.97. The summed E-state index contributed by atoms with van der Waals surface area (Å²) in [6.45, 7) is 1.10. The summed E-state index contributed by atoms with van der Waals surface area (Å²) >= 11 is 1.75. The zero-order chi connectivity index (χ0) is 19.3. The third-order valence-corrected chi connectivity index (χ3v) is 6.83. The van der Waals surface area contributed by atoms with E-state index in [1.165, 1.54) is 5.56 Å². The molecule has 0 spiro atoms. The maximum Gasteiger partial charge on any atom is 0.253 e. The third-order valence-electron chi connectivity index (χ3n) is 4.67. The van der Waals surface area contributed by atoms with Gasteiger partial charge < -0.3 is 4.90 Å². The molecule has 1 amide bonds. The van der Waals surface area contributed by atoms with E-state index in [-0.39, 0.29) is 16.8 Å². The zero-order valence-electron chi connectivity index (χ0n) is 15.3. The molecule has 7 heteroatoms. The van der Waals surface area contributed by atoms with Crippen molar-refractivity contribution in [2.75, 3.05) is 19.3 Å². The highest BCUT2D eigenvalue weighted by Crippen LogP contribution is 2.18. The monoisotopic (exact) mass is 404 g/mol. The van der Waals surface area contributed by atoms with Crippen molar-refractivity contribution in [3.63, 3.8) is 0 Å². The first kappa shape index (κ1) is 19.9. The predicted molar refractivity (Wildman–Crippen MR) is 109 cm³/mol. The normalized spacial score (nSPS) is 15.7. The van der Waals surface area contributed by atoms with Gasteiger partial charge in [0, 0.05) is 30.4 Å². The van der Waals surface area contributed by atoms with Crippen molar-refractivity contribution >= 4 is 27.7 Å². The fourth-order valence-corrected chi connectivity index (χ4v) is 5.03. The molecule has 0 unspecified atom stereocenters. The number of likely N-dealkylation sites (tertiary alicyclic amines) is 1. The van der Waals surface area contributed by atoms with E-state index in [4.69, 9.17) is 0 Å². The summed E-state index contributed by atoms with van der Waals surface area (Å²) in [6, 6.07) is 16.0. The molecule has 0 saturated carbocycles. The zero-order valence-corrected chi connectivity index (χ0v) is 16.9. The summed E-state index contributed by atoms with van der Waals surface area (Å²) < 4.78 is 27.6. The van der Waals surface area contributed by atoms with E-state index in [2.05, 4.69) is 11.0 Å². The van der Waals surface area contributed by atoms with Crippen molar-refractivity contribution in [1.82, 2.24) is 9.62 Å². The molecule has 144 valence electrons. The second kappa shape index (κ2) is 8.91. The average molecular weight is 405 g/mol. The maximum absolute atomic E-state index is 12.7. The van der Waals surface area contributed by atoms with Gasteiger partial charge in [0.05, 0.1) is 4.90 Å². The number of rotatable bonds is 6. The van der Waals surface area contributed by atoms with Crippen molar-refractivity contribution in [2.45, 2.75) is 29.5 Å². The number of amides is 1. The number of nitrogens with zero attached hydrogens (tertiary/aromatic N) is 1. The Morgan fingerprint density at radius 1 is 1.07 bits per heavy atom. The van der Waals surface area contributed by atoms with Crippen LogP contribution in [0, 0.1) is 0 Å². The lowest BCUT2D eigenvalue weighted by Crippen LogP contribution is -2.46. The van der Waals surface area contributed by atoms with E-state index < -0.39 is 10.0 Å². The van der Waals surface area contributed by atoms with E-state index >= 15 is 0 Å². The molecule has 5 nitrogen and oxygen atoms in total. The molecule has 2 aromatic rings. The summed E-state index contributed by atoms with van der Waals surface area (Å²) in [5, 5.41) is 0. The van der Waals surface area contributed by atoms with Gasteiger partial charge in [0.15, 0.2) is 0 Å². The summed E-state index contributed by atoms with van der Waals surface area (Å²) in [6.07, 6.45) is 3.28. The minimum absolute atomic E-state index is 0.00932. The first-order valence-corrected chi connectivity index (χ1v) is 11.8. The van der Waals surface area contributed by atoms with Gasteiger partial charge >= 0.3 is 0 Å². The Bertz CT molecular complexity index is 860. The Labute approximate surface area is 165 Å². The molecule has 3 rings (SSSR count). The summed E-state index contributed by atoms with van der Waals surface area (Å²) in [5.74, 6) is 0.941. The Morgan fingerprint density at radius 3 is 2.30 bits per heavy atom. The van der Waals surface area contributed by atoms with Gasteiger partial charge in [-0.25, -0.2) is 13.1 Å². The fraction of sp³-hybridized carbons (Fsp3) is 0.350. The minimum Gasteiger partial charge on any atom is -0.339 e. The van der Waals surface area contributed by atoms with Gasteiger partial charge in [0.2, 0.25) is 10.0 Å². The second-order valence-electron chi connectivity index (χ2n) is 6.63. The van der Waals surface area contributed by atoms with Crippen LogP contribution in [0.15, 0.2) is 59.5 Å². The van der Waals surface area contributed by atoms with Crippen LogP contribution in [0.1, 0.15) is 28.8 Å². The third kappa shape index (κ3) is 5.12. The van der Waals surface area contributed by atoms with Crippen molar-refractivity contribution < 1.29 is 13.2 Å². The summed E-state index contributed by atoms with van der Waals surface area (Å²) in [4.78, 5) is 14.7. The SMILES string of the molecule is CSCc1ccc(C(=O)N2CCC(NS(=O)(=O)c3ccccc3)CC2)cc1. The number of thioether (sulfide) groups is 1. The highest BCUT2D eigenvalue weighted by Gasteiger charge is 2.27. The van der Waals surface area contributed by atoms with Crippen molar-refractivity contribution in [3.8, 4) is 0 Å². The van der Waals surface area contributed by atoms with Crippen LogP contribution in [-0.4, -0.2) is 44.6 Å². The van der Waals surface area contributed by atoms with Gasteiger partial charge in [0.25, 0.3) is 5.91 Å². The Balaban J connectivity index is 1.56. The van der Waals surface area contributed by atoms with Crippen LogP contribution in [-0.2, 0) is 15.8 Å². The number of nitrogens with one attached hydrogen (secondary N) is 1. The molecule has 0 aromatic heterocycles. The molecular weight excluding hydrogens is 380 g/mol. The first-order valence-electron chi connectivity index (χ1n) is 8.94. The quantitative estimate of drug-likeness (QED) is 0.803. The van der Waals surface area contributed by atoms with Gasteiger partial charge in [0.1, 0.15) is 0 Å². The molecule has 1 N–H and O–H groups in total. The van der Waals surface area contributed by atoms with Crippen LogP contribution in [0.5, 0.6) is 0 Å². The Kier molecular flexibility index (Phi) is 6.57. The van der Waals surface area contributed by atoms with Gasteiger partial charge in [-0.3, -0.25) is 4.79 Å².